The minimum absolute atomic E-state index is 0.0309. The van der Waals surface area contributed by atoms with E-state index in [0.29, 0.717) is 17.8 Å². The molecule has 0 aliphatic heterocycles. The number of carbonyl (C=O) groups is 2. The van der Waals surface area contributed by atoms with Gasteiger partial charge in [0, 0.05) is 44.7 Å². The lowest BCUT2D eigenvalue weighted by Gasteiger charge is -2.15. The van der Waals surface area contributed by atoms with Crippen LogP contribution in [-0.4, -0.2) is 50.1 Å². The molecule has 2 amide bonds. The number of imidazole rings is 1. The van der Waals surface area contributed by atoms with Gasteiger partial charge < -0.3 is 15.6 Å². The standard InChI is InChI=1S/C26H31N7O2S/c1-27-24(34)7-5-3-4-6-20(14-30-26(35)23-16-28-17-36-23)25-29-15-22(31-25)19-10-8-18(9-11-19)21-12-13-33(2)32-21/h8-13,15-17,20H,3-7,14H2,1-2H3,(H,27,34)(H,29,31)(H,30,35). The molecule has 0 aliphatic carbocycles. The van der Waals surface area contributed by atoms with Crippen molar-refractivity contribution < 1.29 is 9.59 Å². The van der Waals surface area contributed by atoms with Crippen LogP contribution in [0.2, 0.25) is 0 Å². The SMILES string of the molecule is CNC(=O)CCCCCC(CNC(=O)c1cncs1)c1ncc(-c2ccc(-c3ccn(C)n3)cc2)[nH]1. The summed E-state index contributed by atoms with van der Waals surface area (Å²) in [7, 11) is 3.56. The predicted octanol–water partition coefficient (Wildman–Crippen LogP) is 4.14. The molecule has 4 rings (SSSR count). The highest BCUT2D eigenvalue weighted by molar-refractivity contribution is 7.11. The van der Waals surface area contributed by atoms with E-state index in [1.54, 1.807) is 23.4 Å². The third-order valence-electron chi connectivity index (χ3n) is 6.09. The third-order valence-corrected chi connectivity index (χ3v) is 6.86. The summed E-state index contributed by atoms with van der Waals surface area (Å²) in [6.45, 7) is 0.470. The molecule has 3 heterocycles. The van der Waals surface area contributed by atoms with Gasteiger partial charge in [-0.1, -0.05) is 37.1 Å². The number of carbonyl (C=O) groups excluding carboxylic acids is 2. The summed E-state index contributed by atoms with van der Waals surface area (Å²) in [4.78, 5) is 36.7. The summed E-state index contributed by atoms with van der Waals surface area (Å²) in [5, 5.41) is 10.1. The van der Waals surface area contributed by atoms with Crippen molar-refractivity contribution >= 4 is 23.2 Å². The van der Waals surface area contributed by atoms with Crippen LogP contribution < -0.4 is 10.6 Å². The van der Waals surface area contributed by atoms with Crippen molar-refractivity contribution in [2.24, 2.45) is 7.05 Å². The maximum atomic E-state index is 12.5. The van der Waals surface area contributed by atoms with Gasteiger partial charge in [-0.2, -0.15) is 5.10 Å². The number of thiazole rings is 1. The van der Waals surface area contributed by atoms with E-state index in [-0.39, 0.29) is 17.7 Å². The number of nitrogens with zero attached hydrogens (tertiary/aromatic N) is 4. The topological polar surface area (TPSA) is 118 Å². The van der Waals surface area contributed by atoms with E-state index < -0.39 is 0 Å². The smallest absolute Gasteiger partial charge is 0.263 e. The van der Waals surface area contributed by atoms with Crippen molar-refractivity contribution in [3.05, 3.63) is 65.1 Å². The Hall–Kier alpha value is -3.79. The van der Waals surface area contributed by atoms with E-state index in [1.807, 2.05) is 25.5 Å². The number of unbranched alkanes of at least 4 members (excludes halogenated alkanes) is 2. The van der Waals surface area contributed by atoms with E-state index in [1.165, 1.54) is 11.3 Å². The number of amides is 2. The maximum Gasteiger partial charge on any atom is 0.263 e. The Morgan fingerprint density at radius 3 is 2.58 bits per heavy atom. The molecule has 1 atom stereocenters. The fraction of sp³-hybridized carbons (Fsp3) is 0.346. The van der Waals surface area contributed by atoms with Gasteiger partial charge in [0.05, 0.1) is 29.3 Å². The summed E-state index contributed by atoms with van der Waals surface area (Å²) < 4.78 is 1.79. The fourth-order valence-corrected chi connectivity index (χ4v) is 4.56. The van der Waals surface area contributed by atoms with Gasteiger partial charge >= 0.3 is 0 Å². The molecule has 0 radical (unpaired) electrons. The first kappa shape index (κ1) is 25.3. The van der Waals surface area contributed by atoms with Gasteiger partial charge in [0.25, 0.3) is 5.91 Å². The molecule has 0 saturated carbocycles. The average Bonchev–Trinajstić information content (AvgIpc) is 3.67. The Kier molecular flexibility index (Phi) is 8.62. The predicted molar refractivity (Wildman–Crippen MR) is 141 cm³/mol. The minimum Gasteiger partial charge on any atom is -0.359 e. The Balaban J connectivity index is 1.42. The Labute approximate surface area is 214 Å². The summed E-state index contributed by atoms with van der Waals surface area (Å²) in [6.07, 6.45) is 9.44. The zero-order valence-corrected chi connectivity index (χ0v) is 21.3. The molecule has 36 heavy (non-hydrogen) atoms. The van der Waals surface area contributed by atoms with Crippen molar-refractivity contribution in [2.45, 2.75) is 38.0 Å². The Morgan fingerprint density at radius 1 is 1.08 bits per heavy atom. The molecule has 3 aromatic heterocycles. The second kappa shape index (κ2) is 12.3. The minimum atomic E-state index is -0.126. The number of aryl methyl sites for hydroxylation is 1. The number of aromatic nitrogens is 5. The van der Waals surface area contributed by atoms with E-state index >= 15 is 0 Å². The molecule has 9 nitrogen and oxygen atoms in total. The van der Waals surface area contributed by atoms with E-state index in [4.69, 9.17) is 0 Å². The lowest BCUT2D eigenvalue weighted by molar-refractivity contribution is -0.120. The molecule has 1 unspecified atom stereocenters. The second-order valence-electron chi connectivity index (χ2n) is 8.68. The molecule has 0 bridgehead atoms. The zero-order chi connectivity index (χ0) is 25.3. The number of aromatic amines is 1. The summed E-state index contributed by atoms with van der Waals surface area (Å²) in [5.41, 5.74) is 5.60. The first-order valence-electron chi connectivity index (χ1n) is 12.1. The van der Waals surface area contributed by atoms with Crippen molar-refractivity contribution in [3.63, 3.8) is 0 Å². The molecule has 10 heteroatoms. The van der Waals surface area contributed by atoms with Crippen molar-refractivity contribution in [1.29, 1.82) is 0 Å². The fourth-order valence-electron chi connectivity index (χ4n) is 4.02. The quantitative estimate of drug-likeness (QED) is 0.250. The van der Waals surface area contributed by atoms with Crippen molar-refractivity contribution in [3.8, 4) is 22.5 Å². The Bertz CT molecular complexity index is 1260. The monoisotopic (exact) mass is 505 g/mol. The van der Waals surface area contributed by atoms with Gasteiger partial charge in [-0.3, -0.25) is 19.3 Å². The molecular formula is C26H31N7O2S. The molecule has 188 valence electrons. The van der Waals surface area contributed by atoms with Gasteiger partial charge in [-0.15, -0.1) is 11.3 Å². The highest BCUT2D eigenvalue weighted by atomic mass is 32.1. The number of nitrogens with one attached hydrogen (secondary N) is 3. The van der Waals surface area contributed by atoms with E-state index in [0.717, 1.165) is 54.0 Å². The highest BCUT2D eigenvalue weighted by Crippen LogP contribution is 2.26. The molecular weight excluding hydrogens is 474 g/mol. The van der Waals surface area contributed by atoms with Crippen LogP contribution in [0.15, 0.2) is 54.4 Å². The summed E-state index contributed by atoms with van der Waals surface area (Å²) >= 11 is 1.32. The normalized spacial score (nSPS) is 11.8. The first-order chi connectivity index (χ1) is 17.5. The van der Waals surface area contributed by atoms with Gasteiger partial charge in [-0.05, 0) is 24.5 Å². The molecule has 0 fully saturated rings. The van der Waals surface area contributed by atoms with Crippen molar-refractivity contribution in [1.82, 2.24) is 35.4 Å². The largest absolute Gasteiger partial charge is 0.359 e. The third kappa shape index (κ3) is 6.66. The maximum absolute atomic E-state index is 12.5. The lowest BCUT2D eigenvalue weighted by Crippen LogP contribution is -2.28. The summed E-state index contributed by atoms with van der Waals surface area (Å²) in [5.74, 6) is 0.810. The summed E-state index contributed by atoms with van der Waals surface area (Å²) in [6, 6.07) is 10.2. The van der Waals surface area contributed by atoms with Gasteiger partial charge in [-0.25, -0.2) is 4.98 Å². The van der Waals surface area contributed by atoms with Crippen LogP contribution in [-0.2, 0) is 11.8 Å². The van der Waals surface area contributed by atoms with Crippen LogP contribution >= 0.6 is 11.3 Å². The van der Waals surface area contributed by atoms with Crippen molar-refractivity contribution in [2.75, 3.05) is 13.6 Å². The highest BCUT2D eigenvalue weighted by Gasteiger charge is 2.18. The number of rotatable bonds is 12. The van der Waals surface area contributed by atoms with Crippen LogP contribution in [0.3, 0.4) is 0 Å². The van der Waals surface area contributed by atoms with Crippen LogP contribution in [0.5, 0.6) is 0 Å². The van der Waals surface area contributed by atoms with Crippen LogP contribution in [0, 0.1) is 0 Å². The van der Waals surface area contributed by atoms with E-state index in [2.05, 4.69) is 54.9 Å². The molecule has 3 N–H and O–H groups in total. The number of hydrogen-bond donors (Lipinski definition) is 3. The lowest BCUT2D eigenvalue weighted by atomic mass is 9.99. The van der Waals surface area contributed by atoms with Gasteiger partial charge in [0.15, 0.2) is 0 Å². The molecule has 0 saturated heterocycles. The number of hydrogen-bond acceptors (Lipinski definition) is 6. The van der Waals surface area contributed by atoms with Gasteiger partial charge in [0.2, 0.25) is 5.91 Å². The molecule has 1 aromatic carbocycles. The zero-order valence-electron chi connectivity index (χ0n) is 20.5. The van der Waals surface area contributed by atoms with Crippen LogP contribution in [0.4, 0.5) is 0 Å². The second-order valence-corrected chi connectivity index (χ2v) is 9.57. The average molecular weight is 506 g/mol. The number of benzene rings is 1. The Morgan fingerprint density at radius 2 is 1.89 bits per heavy atom. The van der Waals surface area contributed by atoms with Crippen LogP contribution in [0.1, 0.15) is 53.5 Å². The molecule has 4 aromatic rings. The molecule has 0 spiro atoms. The van der Waals surface area contributed by atoms with Crippen LogP contribution in [0.25, 0.3) is 22.5 Å². The number of H-pyrrole nitrogens is 1. The van der Waals surface area contributed by atoms with Gasteiger partial charge in [0.1, 0.15) is 10.7 Å². The first-order valence-corrected chi connectivity index (χ1v) is 12.9. The molecule has 0 aliphatic rings. The van der Waals surface area contributed by atoms with E-state index in [9.17, 15) is 9.59 Å².